The summed E-state index contributed by atoms with van der Waals surface area (Å²) in [5.74, 6) is -1.63. The van der Waals surface area contributed by atoms with E-state index in [2.05, 4.69) is 0 Å². The van der Waals surface area contributed by atoms with Crippen molar-refractivity contribution in [3.05, 3.63) is 35.9 Å². The molecule has 0 aromatic heterocycles. The summed E-state index contributed by atoms with van der Waals surface area (Å²) < 4.78 is 0. The van der Waals surface area contributed by atoms with Crippen molar-refractivity contribution in [3.63, 3.8) is 0 Å². The van der Waals surface area contributed by atoms with E-state index in [0.29, 0.717) is 6.42 Å². The third kappa shape index (κ3) is 2.45. The number of carboxylic acid groups (broad SMARTS) is 2. The molecule has 5 nitrogen and oxygen atoms in total. The number of nitrogens with zero attached hydrogens (tertiary/aromatic N) is 1. The van der Waals surface area contributed by atoms with Crippen LogP contribution in [-0.4, -0.2) is 40.3 Å². The van der Waals surface area contributed by atoms with Gasteiger partial charge in [0.25, 0.3) is 0 Å². The van der Waals surface area contributed by atoms with Gasteiger partial charge in [-0.05, 0) is 12.0 Å². The second kappa shape index (κ2) is 5.08. The van der Waals surface area contributed by atoms with Crippen LogP contribution >= 0.6 is 0 Å². The van der Waals surface area contributed by atoms with Gasteiger partial charge in [-0.25, -0.2) is 4.79 Å². The average molecular weight is 249 g/mol. The van der Waals surface area contributed by atoms with Crippen LogP contribution in [0.5, 0.6) is 0 Å². The molecule has 96 valence electrons. The molecule has 0 radical (unpaired) electrons. The zero-order chi connectivity index (χ0) is 13.1. The van der Waals surface area contributed by atoms with Crippen LogP contribution in [-0.2, 0) is 4.79 Å². The number of rotatable bonds is 2. The normalized spacial score (nSPS) is 23.7. The fourth-order valence-electron chi connectivity index (χ4n) is 2.46. The van der Waals surface area contributed by atoms with Crippen molar-refractivity contribution in [1.29, 1.82) is 0 Å². The summed E-state index contributed by atoms with van der Waals surface area (Å²) in [6.45, 7) is 0.534. The van der Waals surface area contributed by atoms with Gasteiger partial charge in [0.05, 0.1) is 5.92 Å². The Balaban J connectivity index is 2.25. The molecule has 1 fully saturated rings. The van der Waals surface area contributed by atoms with Gasteiger partial charge < -0.3 is 15.1 Å². The van der Waals surface area contributed by atoms with E-state index in [1.54, 1.807) is 0 Å². The molecule has 2 rings (SSSR count). The summed E-state index contributed by atoms with van der Waals surface area (Å²) in [6.07, 6.45) is -0.624. The predicted octanol–water partition coefficient (Wildman–Crippen LogP) is 1.85. The standard InChI is InChI=1S/C13H15NO4/c15-12(16)10-6-7-14(13(17)18)8-11(10)9-4-2-1-3-5-9/h1-5,10-11H,6-8H2,(H,15,16)(H,17,18)/t10-,11-/m1/s1. The van der Waals surface area contributed by atoms with Crippen LogP contribution in [0.2, 0.25) is 0 Å². The highest BCUT2D eigenvalue weighted by atomic mass is 16.4. The first-order chi connectivity index (χ1) is 8.59. The van der Waals surface area contributed by atoms with E-state index in [0.717, 1.165) is 5.56 Å². The molecule has 2 atom stereocenters. The van der Waals surface area contributed by atoms with Gasteiger partial charge >= 0.3 is 12.1 Å². The Morgan fingerprint density at radius 2 is 1.83 bits per heavy atom. The molecular formula is C13H15NO4. The van der Waals surface area contributed by atoms with Crippen molar-refractivity contribution in [1.82, 2.24) is 4.90 Å². The minimum atomic E-state index is -0.986. The van der Waals surface area contributed by atoms with Crippen molar-refractivity contribution >= 4 is 12.1 Å². The first-order valence-electron chi connectivity index (χ1n) is 5.85. The van der Waals surface area contributed by atoms with E-state index in [9.17, 15) is 14.7 Å². The van der Waals surface area contributed by atoms with Crippen LogP contribution in [0.15, 0.2) is 30.3 Å². The zero-order valence-electron chi connectivity index (χ0n) is 9.82. The van der Waals surface area contributed by atoms with E-state index in [4.69, 9.17) is 5.11 Å². The number of amides is 1. The average Bonchev–Trinajstić information content (AvgIpc) is 2.39. The number of carboxylic acids is 1. The fourth-order valence-corrected chi connectivity index (χ4v) is 2.46. The van der Waals surface area contributed by atoms with Crippen LogP contribution in [0.4, 0.5) is 4.79 Å². The molecule has 18 heavy (non-hydrogen) atoms. The Morgan fingerprint density at radius 3 is 2.39 bits per heavy atom. The molecule has 5 heteroatoms. The molecule has 1 aliphatic heterocycles. The van der Waals surface area contributed by atoms with Gasteiger partial charge in [0.2, 0.25) is 0 Å². The summed E-state index contributed by atoms with van der Waals surface area (Å²) in [5, 5.41) is 18.2. The third-order valence-electron chi connectivity index (χ3n) is 3.43. The summed E-state index contributed by atoms with van der Waals surface area (Å²) in [4.78, 5) is 23.5. The second-order valence-electron chi connectivity index (χ2n) is 4.48. The monoisotopic (exact) mass is 249 g/mol. The molecule has 1 aromatic rings. The Labute approximate surface area is 105 Å². The number of hydrogen-bond acceptors (Lipinski definition) is 2. The molecule has 1 aromatic carbocycles. The van der Waals surface area contributed by atoms with Crippen molar-refractivity contribution in [2.75, 3.05) is 13.1 Å². The molecule has 1 aliphatic rings. The van der Waals surface area contributed by atoms with Crippen LogP contribution in [0.3, 0.4) is 0 Å². The maximum Gasteiger partial charge on any atom is 0.407 e. The van der Waals surface area contributed by atoms with Gasteiger partial charge in [0.1, 0.15) is 0 Å². The molecule has 0 spiro atoms. The van der Waals surface area contributed by atoms with E-state index in [1.165, 1.54) is 4.90 Å². The zero-order valence-corrected chi connectivity index (χ0v) is 9.82. The number of likely N-dealkylation sites (tertiary alicyclic amines) is 1. The van der Waals surface area contributed by atoms with Crippen molar-refractivity contribution < 1.29 is 19.8 Å². The molecule has 0 saturated carbocycles. The molecular weight excluding hydrogens is 234 g/mol. The molecule has 0 unspecified atom stereocenters. The van der Waals surface area contributed by atoms with Gasteiger partial charge in [-0.1, -0.05) is 30.3 Å². The highest BCUT2D eigenvalue weighted by molar-refractivity contribution is 5.73. The first kappa shape index (κ1) is 12.4. The number of hydrogen-bond donors (Lipinski definition) is 2. The van der Waals surface area contributed by atoms with Crippen LogP contribution < -0.4 is 0 Å². The lowest BCUT2D eigenvalue weighted by Crippen LogP contribution is -2.44. The Morgan fingerprint density at radius 1 is 1.17 bits per heavy atom. The van der Waals surface area contributed by atoms with E-state index in [-0.39, 0.29) is 19.0 Å². The molecule has 2 N–H and O–H groups in total. The summed E-state index contributed by atoms with van der Waals surface area (Å²) >= 11 is 0. The highest BCUT2D eigenvalue weighted by Gasteiger charge is 2.36. The Hall–Kier alpha value is -2.04. The minimum absolute atomic E-state index is 0.246. The number of piperidine rings is 1. The summed E-state index contributed by atoms with van der Waals surface area (Å²) in [6, 6.07) is 9.25. The fraction of sp³-hybridized carbons (Fsp3) is 0.385. The highest BCUT2D eigenvalue weighted by Crippen LogP contribution is 2.32. The topological polar surface area (TPSA) is 77.8 Å². The van der Waals surface area contributed by atoms with E-state index < -0.39 is 18.0 Å². The molecule has 0 aliphatic carbocycles. The van der Waals surface area contributed by atoms with E-state index in [1.807, 2.05) is 30.3 Å². The SMILES string of the molecule is O=C(O)[C@@H]1CCN(C(=O)O)C[C@@H]1c1ccccc1. The number of aliphatic carboxylic acids is 1. The second-order valence-corrected chi connectivity index (χ2v) is 4.48. The number of carbonyl (C=O) groups is 2. The lowest BCUT2D eigenvalue weighted by atomic mass is 9.81. The van der Waals surface area contributed by atoms with Crippen LogP contribution in [0.1, 0.15) is 17.9 Å². The molecule has 0 bridgehead atoms. The van der Waals surface area contributed by atoms with Gasteiger partial charge in [0, 0.05) is 19.0 Å². The quantitative estimate of drug-likeness (QED) is 0.838. The third-order valence-corrected chi connectivity index (χ3v) is 3.43. The van der Waals surface area contributed by atoms with Crippen LogP contribution in [0.25, 0.3) is 0 Å². The maximum absolute atomic E-state index is 11.2. The van der Waals surface area contributed by atoms with Crippen LogP contribution in [0, 0.1) is 5.92 Å². The molecule has 1 amide bonds. The lowest BCUT2D eigenvalue weighted by molar-refractivity contribution is -0.144. The predicted molar refractivity (Wildman–Crippen MR) is 64.5 cm³/mol. The Kier molecular flexibility index (Phi) is 3.50. The summed E-state index contributed by atoms with van der Waals surface area (Å²) in [7, 11) is 0. The van der Waals surface area contributed by atoms with Crippen molar-refractivity contribution in [3.8, 4) is 0 Å². The largest absolute Gasteiger partial charge is 0.481 e. The molecule has 1 heterocycles. The van der Waals surface area contributed by atoms with Crippen molar-refractivity contribution in [2.45, 2.75) is 12.3 Å². The van der Waals surface area contributed by atoms with Gasteiger partial charge in [-0.15, -0.1) is 0 Å². The smallest absolute Gasteiger partial charge is 0.407 e. The minimum Gasteiger partial charge on any atom is -0.481 e. The first-order valence-corrected chi connectivity index (χ1v) is 5.85. The maximum atomic E-state index is 11.2. The Bertz CT molecular complexity index is 446. The van der Waals surface area contributed by atoms with Gasteiger partial charge in [-0.2, -0.15) is 0 Å². The van der Waals surface area contributed by atoms with Crippen molar-refractivity contribution in [2.24, 2.45) is 5.92 Å². The lowest BCUT2D eigenvalue weighted by Gasteiger charge is -2.35. The van der Waals surface area contributed by atoms with Gasteiger partial charge in [-0.3, -0.25) is 4.79 Å². The molecule has 1 saturated heterocycles. The van der Waals surface area contributed by atoms with E-state index >= 15 is 0 Å². The van der Waals surface area contributed by atoms with Gasteiger partial charge in [0.15, 0.2) is 0 Å². The number of benzene rings is 1. The summed E-state index contributed by atoms with van der Waals surface area (Å²) in [5.41, 5.74) is 0.885.